The van der Waals surface area contributed by atoms with E-state index in [-0.39, 0.29) is 12.7 Å². The summed E-state index contributed by atoms with van der Waals surface area (Å²) in [7, 11) is 3.13. The first kappa shape index (κ1) is 18.2. The molecule has 0 N–H and O–H groups in total. The summed E-state index contributed by atoms with van der Waals surface area (Å²) < 4.78 is 44.8. The van der Waals surface area contributed by atoms with Gasteiger partial charge in [-0.15, -0.1) is 0 Å². The van der Waals surface area contributed by atoms with Gasteiger partial charge in [0.1, 0.15) is 42.2 Å². The Hall–Kier alpha value is -2.89. The first-order valence-corrected chi connectivity index (χ1v) is 9.69. The zero-order chi connectivity index (χ0) is 20.3. The first-order chi connectivity index (χ1) is 14.0. The van der Waals surface area contributed by atoms with Crippen LogP contribution in [0.25, 0.3) is 0 Å². The van der Waals surface area contributed by atoms with E-state index in [9.17, 15) is 0 Å². The maximum atomic E-state index is 15.9. The zero-order valence-electron chi connectivity index (χ0n) is 16.7. The fourth-order valence-electron chi connectivity index (χ4n) is 4.48. The topological polar surface area (TPSA) is 46.2 Å². The average molecular weight is 397 g/mol. The fourth-order valence-corrected chi connectivity index (χ4v) is 4.48. The van der Waals surface area contributed by atoms with Crippen molar-refractivity contribution in [2.24, 2.45) is 0 Å². The van der Waals surface area contributed by atoms with Gasteiger partial charge in [-0.25, -0.2) is 4.39 Å². The molecule has 2 aromatic carbocycles. The van der Waals surface area contributed by atoms with E-state index in [0.717, 1.165) is 22.4 Å². The molecule has 0 aromatic heterocycles. The first-order valence-electron chi connectivity index (χ1n) is 9.69. The van der Waals surface area contributed by atoms with Crippen molar-refractivity contribution in [3.63, 3.8) is 0 Å². The highest BCUT2D eigenvalue weighted by Gasteiger charge is 2.46. The molecule has 6 heteroatoms. The van der Waals surface area contributed by atoms with Crippen molar-refractivity contribution >= 4 is 0 Å². The van der Waals surface area contributed by atoms with Crippen molar-refractivity contribution in [3.8, 4) is 28.7 Å². The molecule has 0 saturated carbocycles. The average Bonchev–Trinajstić information content (AvgIpc) is 3.17. The Balaban J connectivity index is 1.57. The smallest absolute Gasteiger partial charge is 0.164 e. The van der Waals surface area contributed by atoms with E-state index in [1.54, 1.807) is 32.4 Å². The van der Waals surface area contributed by atoms with Gasteiger partial charge in [0.15, 0.2) is 11.5 Å². The zero-order valence-corrected chi connectivity index (χ0v) is 16.7. The summed E-state index contributed by atoms with van der Waals surface area (Å²) in [5.74, 6) is 2.55. The molecule has 2 aromatic rings. The van der Waals surface area contributed by atoms with Crippen molar-refractivity contribution in [2.45, 2.75) is 37.6 Å². The number of rotatable bonds is 3. The van der Waals surface area contributed by atoms with Crippen molar-refractivity contribution in [2.75, 3.05) is 20.8 Å². The van der Waals surface area contributed by atoms with Crippen LogP contribution in [-0.4, -0.2) is 33.0 Å². The molecule has 0 spiro atoms. The van der Waals surface area contributed by atoms with Gasteiger partial charge < -0.3 is 23.7 Å². The molecule has 29 heavy (non-hydrogen) atoms. The number of halogens is 1. The van der Waals surface area contributed by atoms with Crippen LogP contribution in [0.4, 0.5) is 4.39 Å². The molecule has 0 aliphatic carbocycles. The van der Waals surface area contributed by atoms with Gasteiger partial charge in [-0.1, -0.05) is 6.58 Å². The Kier molecular flexibility index (Phi) is 4.12. The number of benzene rings is 2. The molecule has 5 nitrogen and oxygen atoms in total. The molecule has 2 unspecified atom stereocenters. The van der Waals surface area contributed by atoms with E-state index >= 15 is 4.39 Å². The maximum Gasteiger partial charge on any atom is 0.164 e. The molecular weight excluding hydrogens is 374 g/mol. The molecule has 0 fully saturated rings. The van der Waals surface area contributed by atoms with Crippen LogP contribution in [0, 0.1) is 0 Å². The van der Waals surface area contributed by atoms with Crippen LogP contribution in [0.1, 0.15) is 35.7 Å². The van der Waals surface area contributed by atoms with E-state index in [2.05, 4.69) is 6.58 Å². The Bertz CT molecular complexity index is 1000. The number of fused-ring (bicyclic) bond motifs is 6. The second-order valence-corrected chi connectivity index (χ2v) is 7.76. The second-order valence-electron chi connectivity index (χ2n) is 7.76. The largest absolute Gasteiger partial charge is 0.493 e. The quantitative estimate of drug-likeness (QED) is 0.712. The van der Waals surface area contributed by atoms with Crippen LogP contribution in [0.15, 0.2) is 36.4 Å². The second kappa shape index (κ2) is 6.58. The molecule has 3 heterocycles. The number of alkyl halides is 1. The summed E-state index contributed by atoms with van der Waals surface area (Å²) in [5.41, 5.74) is 3.14. The highest BCUT2D eigenvalue weighted by molar-refractivity contribution is 5.59. The van der Waals surface area contributed by atoms with Crippen LogP contribution < -0.4 is 23.7 Å². The van der Waals surface area contributed by atoms with Gasteiger partial charge in [-0.05, 0) is 30.7 Å². The summed E-state index contributed by atoms with van der Waals surface area (Å²) in [6.07, 6.45) is -1.12. The molecular formula is C23H23FO5. The predicted octanol–water partition coefficient (Wildman–Crippen LogP) is 4.53. The highest BCUT2D eigenvalue weighted by Crippen LogP contribution is 2.55. The van der Waals surface area contributed by atoms with Gasteiger partial charge >= 0.3 is 0 Å². The van der Waals surface area contributed by atoms with Crippen molar-refractivity contribution < 1.29 is 28.1 Å². The van der Waals surface area contributed by atoms with Crippen LogP contribution in [-0.2, 0) is 6.42 Å². The number of hydrogen-bond acceptors (Lipinski definition) is 5. The lowest BCUT2D eigenvalue weighted by atomic mass is 9.80. The minimum atomic E-state index is -1.22. The Morgan fingerprint density at radius 1 is 1.07 bits per heavy atom. The third kappa shape index (κ3) is 2.65. The van der Waals surface area contributed by atoms with Gasteiger partial charge in [0.05, 0.1) is 20.1 Å². The van der Waals surface area contributed by atoms with E-state index in [4.69, 9.17) is 23.7 Å². The van der Waals surface area contributed by atoms with Crippen molar-refractivity contribution in [3.05, 3.63) is 53.1 Å². The number of hydrogen-bond donors (Lipinski definition) is 0. The van der Waals surface area contributed by atoms with Crippen molar-refractivity contribution in [1.29, 1.82) is 0 Å². The summed E-state index contributed by atoms with van der Waals surface area (Å²) in [5, 5.41) is 0. The summed E-state index contributed by atoms with van der Waals surface area (Å²) in [6, 6.07) is 7.15. The Morgan fingerprint density at radius 2 is 1.83 bits per heavy atom. The van der Waals surface area contributed by atoms with Crippen LogP contribution >= 0.6 is 0 Å². The van der Waals surface area contributed by atoms with Gasteiger partial charge in [-0.3, -0.25) is 0 Å². The molecule has 3 aliphatic heterocycles. The fraction of sp³-hybridized carbons (Fsp3) is 0.391. The normalized spacial score (nSPS) is 25.9. The predicted molar refractivity (Wildman–Crippen MR) is 105 cm³/mol. The molecule has 4 atom stereocenters. The highest BCUT2D eigenvalue weighted by atomic mass is 18.2. The molecule has 0 bridgehead atoms. The third-order valence-electron chi connectivity index (χ3n) is 6.02. The van der Waals surface area contributed by atoms with Crippen LogP contribution in [0.5, 0.6) is 28.7 Å². The number of ether oxygens (including phenoxy) is 5. The lowest BCUT2D eigenvalue weighted by molar-refractivity contribution is 0.0329. The minimum absolute atomic E-state index is 0.101. The third-order valence-corrected chi connectivity index (χ3v) is 6.02. The van der Waals surface area contributed by atoms with E-state index in [0.29, 0.717) is 35.0 Å². The SMILES string of the molecule is C=C(C)[C@H]1Cc2c(ccc3c2OC2COc4cc(OC)c(OC)cc4C2[C@H]3[18F])O1. The van der Waals surface area contributed by atoms with Gasteiger partial charge in [0.2, 0.25) is 0 Å². The molecule has 152 valence electrons. The number of methoxy groups -OCH3 is 2. The summed E-state index contributed by atoms with van der Waals surface area (Å²) in [6.45, 7) is 6.19. The van der Waals surface area contributed by atoms with E-state index < -0.39 is 18.2 Å². The monoisotopic (exact) mass is 397 g/mol. The summed E-state index contributed by atoms with van der Waals surface area (Å²) in [4.78, 5) is 0. The molecule has 5 rings (SSSR count). The molecule has 0 amide bonds. The Labute approximate surface area is 169 Å². The summed E-state index contributed by atoms with van der Waals surface area (Å²) >= 11 is 0. The lowest BCUT2D eigenvalue weighted by Crippen LogP contribution is -2.41. The van der Waals surface area contributed by atoms with Crippen LogP contribution in [0.2, 0.25) is 0 Å². The van der Waals surface area contributed by atoms with Gasteiger partial charge in [-0.2, -0.15) is 0 Å². The lowest BCUT2D eigenvalue weighted by Gasteiger charge is -2.40. The minimum Gasteiger partial charge on any atom is -0.493 e. The van der Waals surface area contributed by atoms with Crippen LogP contribution in [0.3, 0.4) is 0 Å². The van der Waals surface area contributed by atoms with Gasteiger partial charge in [0.25, 0.3) is 0 Å². The molecule has 0 saturated heterocycles. The van der Waals surface area contributed by atoms with Crippen molar-refractivity contribution in [1.82, 2.24) is 0 Å². The van der Waals surface area contributed by atoms with E-state index in [1.165, 1.54) is 0 Å². The maximum absolute atomic E-state index is 15.9. The standard InChI is InChI=1S/C23H23FO5/c1-11(2)16-8-14-15(28-16)6-5-12-22(24)21-13-7-18(25-3)19(26-4)9-17(13)27-10-20(21)29-23(12)14/h5-7,9,16,20-22H,1,8,10H2,2-4H3/t16-,20?,21?,22+/m1/s1/i24-1. The van der Waals surface area contributed by atoms with E-state index in [1.807, 2.05) is 13.0 Å². The molecule has 0 radical (unpaired) electrons. The van der Waals surface area contributed by atoms with Gasteiger partial charge in [0, 0.05) is 29.2 Å². The Morgan fingerprint density at radius 3 is 2.55 bits per heavy atom. The molecule has 3 aliphatic rings.